The third-order valence-electron chi connectivity index (χ3n) is 19.8. The van der Waals surface area contributed by atoms with Crippen LogP contribution in [0.25, 0.3) is 0 Å². The van der Waals surface area contributed by atoms with E-state index >= 15 is 19.2 Å². The van der Waals surface area contributed by atoms with Gasteiger partial charge in [-0.2, -0.15) is 0 Å². The van der Waals surface area contributed by atoms with Crippen LogP contribution in [0.4, 0.5) is 4.79 Å². The van der Waals surface area contributed by atoms with Crippen LogP contribution in [0.2, 0.25) is 0 Å². The molecule has 22 N–H and O–H groups in total. The van der Waals surface area contributed by atoms with Crippen LogP contribution < -0.4 is 66.3 Å². The molecule has 0 saturated carbocycles. The lowest BCUT2D eigenvalue weighted by Crippen LogP contribution is -2.52. The molecule has 0 spiro atoms. The lowest BCUT2D eigenvalue weighted by molar-refractivity contribution is -0.148. The number of aliphatic imine (C=N–C) groups is 1. The van der Waals surface area contributed by atoms with Crippen molar-refractivity contribution in [1.29, 1.82) is 0 Å². The minimum absolute atomic E-state index is 0. The Morgan fingerprint density at radius 2 is 1.30 bits per heavy atom. The molecular weight excluding hydrogens is 1620 g/mol. The van der Waals surface area contributed by atoms with Crippen molar-refractivity contribution in [3.8, 4) is 11.5 Å². The number of urea groups is 1. The fourth-order valence-electron chi connectivity index (χ4n) is 13.6. The number of nitrogens with zero attached hydrogens (tertiary/aromatic N) is 2. The Morgan fingerprint density at radius 3 is 1.94 bits per heavy atom. The number of carbonyl (C=O) groups excluding carboxylic acids is 16. The van der Waals surface area contributed by atoms with Crippen LogP contribution in [0.15, 0.2) is 47.5 Å². The van der Waals surface area contributed by atoms with Crippen LogP contribution in [-0.4, -0.2) is 211 Å². The van der Waals surface area contributed by atoms with Gasteiger partial charge in [-0.15, -0.1) is 0 Å². The van der Waals surface area contributed by atoms with Crippen molar-refractivity contribution in [3.05, 3.63) is 57.2 Å². The van der Waals surface area contributed by atoms with E-state index in [4.69, 9.17) is 34.4 Å². The first-order valence-corrected chi connectivity index (χ1v) is 40.9. The highest BCUT2D eigenvalue weighted by Gasteiger charge is 2.43. The quantitative estimate of drug-likeness (QED) is 0.0227. The number of rotatable bonds is 24. The third-order valence-corrected chi connectivity index (χ3v) is 23.1. The molecule has 2 aromatic carbocycles. The molecule has 0 aliphatic carbocycles. The molecule has 38 heteroatoms. The normalized spacial score (nSPS) is 24.4. The van der Waals surface area contributed by atoms with Gasteiger partial charge in [-0.25, -0.2) is 4.79 Å². The number of nitrogens with one attached hydrogen (secondary N) is 6. The standard InChI is InChI=1S/C74H105IN14O21S2.CH4/c1-39(90)66-62(99)34-47(35-65(102)103)72(109)89-25-7-12-55(89)61(98)32-44(9-5-23-82-73(79)80)69(106)87-54-38-112-111-37-53(84-64(101)36-76)59(96)29-42(71(108)88-66)8-3-2-4-11-48(91)19-20-51(57(94)33-46(67(78)104)26-40-13-17-49(92)18-14-40)85-70(107)45(16-22-63(77)100)31-58(95)52(28-41-15-21-56(93)50(75)27-41)86-68(105)43(30-60(54)97)10-6-24-83-74(81)110;/h13-15,17-18,21,27,39,42-47,51-55,66,90,92-93H,2-12,16,19-20,22-26,28-38,76H2,1H3,(H2,77,100)(H2,78,104)(H,84,101)(H,85,107)(H,86,105)(H,87,106)(H,88,108)(H,102,103)(H4,79,80,82)(H3,81,83,110);1H4/t39-,42-,43-,44-,45-,46-,47+,51+,52+,53+,54+,55+,66+;/m1./s1. The van der Waals surface area contributed by atoms with E-state index in [1.807, 2.05) is 22.6 Å². The summed E-state index contributed by atoms with van der Waals surface area (Å²) in [5.41, 5.74) is 34.7. The molecular formula is C75H109IN14O21S2. The Labute approximate surface area is 676 Å². The number of fused-ring (bicyclic) bond motifs is 9. The second-order valence-electron chi connectivity index (χ2n) is 28.6. The number of hydrogen-bond donors (Lipinski definition) is 16. The maximum Gasteiger partial charge on any atom is 0.312 e. The number of hydrogen-bond acceptors (Lipinski definition) is 24. The summed E-state index contributed by atoms with van der Waals surface area (Å²) in [4.78, 5) is 246. The van der Waals surface area contributed by atoms with Crippen LogP contribution in [0.5, 0.6) is 11.5 Å². The van der Waals surface area contributed by atoms with Crippen molar-refractivity contribution < 1.29 is 102 Å². The molecule has 0 unspecified atom stereocenters. The Bertz CT molecular complexity index is 3750. The van der Waals surface area contributed by atoms with Gasteiger partial charge >= 0.3 is 12.0 Å². The predicted octanol–water partition coefficient (Wildman–Crippen LogP) is 0.767. The number of aromatic hydroxyl groups is 2. The fourth-order valence-corrected chi connectivity index (χ4v) is 16.6. The molecule has 35 nitrogen and oxygen atoms in total. The second-order valence-corrected chi connectivity index (χ2v) is 32.3. The summed E-state index contributed by atoms with van der Waals surface area (Å²) in [6.07, 6.45) is -9.09. The number of ketones is 7. The first-order valence-electron chi connectivity index (χ1n) is 37.3. The van der Waals surface area contributed by atoms with E-state index in [9.17, 15) is 82.8 Å². The molecule has 0 aromatic heterocycles. The second kappa shape index (κ2) is 48.8. The summed E-state index contributed by atoms with van der Waals surface area (Å²) >= 11 is 1.83. The average Bonchev–Trinajstić information content (AvgIpc) is 1.75. The number of phenols is 2. The number of amides is 10. The maximum atomic E-state index is 15.4. The first-order chi connectivity index (χ1) is 53.0. The lowest BCUT2D eigenvalue weighted by Gasteiger charge is -2.30. The molecule has 10 amide bonds. The molecule has 13 atom stereocenters. The number of primary amides is 3. The largest absolute Gasteiger partial charge is 0.508 e. The van der Waals surface area contributed by atoms with E-state index in [-0.39, 0.29) is 152 Å². The van der Waals surface area contributed by atoms with Crippen LogP contribution in [0, 0.1) is 39.1 Å². The predicted molar refractivity (Wildman–Crippen MR) is 426 cm³/mol. The van der Waals surface area contributed by atoms with Gasteiger partial charge in [0.05, 0.1) is 58.8 Å². The number of guanidine groups is 1. The third kappa shape index (κ3) is 33.4. The molecule has 3 saturated heterocycles. The zero-order valence-electron chi connectivity index (χ0n) is 62.5. The first kappa shape index (κ1) is 96.2. The van der Waals surface area contributed by atoms with Gasteiger partial charge in [0.15, 0.2) is 40.7 Å². The van der Waals surface area contributed by atoms with Gasteiger partial charge in [0.2, 0.25) is 47.3 Å². The van der Waals surface area contributed by atoms with Gasteiger partial charge in [-0.05, 0) is 142 Å². The number of halogens is 1. The summed E-state index contributed by atoms with van der Waals surface area (Å²) in [5, 5.41) is 57.5. The molecule has 2 bridgehead atoms. The van der Waals surface area contributed by atoms with E-state index in [1.54, 1.807) is 0 Å². The van der Waals surface area contributed by atoms with Gasteiger partial charge in [-0.1, -0.05) is 60.1 Å². The van der Waals surface area contributed by atoms with Gasteiger partial charge < -0.3 is 91.6 Å². The zero-order chi connectivity index (χ0) is 82.9. The van der Waals surface area contributed by atoms with Crippen molar-refractivity contribution in [2.75, 3.05) is 37.7 Å². The van der Waals surface area contributed by atoms with Crippen molar-refractivity contribution in [2.24, 2.45) is 74.9 Å². The number of Topliss-reactive ketones (excluding diaryl/α,β-unsaturated/α-hetero) is 7. The number of carbonyl (C=O) groups is 17. The van der Waals surface area contributed by atoms with Crippen LogP contribution in [-0.2, 0) is 89.6 Å². The van der Waals surface area contributed by atoms with Gasteiger partial charge in [-0.3, -0.25) is 81.7 Å². The summed E-state index contributed by atoms with van der Waals surface area (Å²) in [6, 6.07) is -0.286. The molecule has 2 aromatic rings. The van der Waals surface area contributed by atoms with E-state index in [0.717, 1.165) is 33.4 Å². The summed E-state index contributed by atoms with van der Waals surface area (Å²) in [6.45, 7) is 0.215. The molecule has 3 aliphatic heterocycles. The Kier molecular flexibility index (Phi) is 41.6. The van der Waals surface area contributed by atoms with Crippen molar-refractivity contribution >= 4 is 150 Å². The number of aliphatic hydroxyl groups is 1. The molecule has 113 heavy (non-hydrogen) atoms. The highest BCUT2D eigenvalue weighted by Crippen LogP contribution is 2.32. The topological polar surface area (TPSA) is 615 Å². The SMILES string of the molecule is C.C[C@@H](O)[C@@H]1NC(=O)[C@@H]2CCCCCC(=O)CC[C@@H](C(=O)C[C@@H](Cc3ccc(O)cc3)C(N)=O)NC(=O)[C@H](CCC(N)=O)CC(=O)[C@H](Cc3ccc(O)c(I)c3)NC(=O)[C@H](CCCNC(N)=O)CC(=O)[C@H](CSSC[C@H](NC(=O)CN)C(=O)C2)NC(=O)[C@H](CCCN=C(N)N)CC(=O)[C@@H]2CCCN2C(=O)[C@H](CC(=O)O)CC1=O. The Morgan fingerprint density at radius 1 is 0.673 bits per heavy atom. The number of nitrogens with two attached hydrogens (primary N) is 6. The average molecular weight is 1730 g/mol. The minimum atomic E-state index is -1.82. The van der Waals surface area contributed by atoms with Crippen molar-refractivity contribution in [2.45, 2.75) is 211 Å². The maximum absolute atomic E-state index is 15.4. The van der Waals surface area contributed by atoms with E-state index < -0.39 is 242 Å². The van der Waals surface area contributed by atoms with Crippen molar-refractivity contribution in [1.82, 2.24) is 36.8 Å². The molecule has 624 valence electrons. The summed E-state index contributed by atoms with van der Waals surface area (Å²) < 4.78 is 0.315. The molecule has 3 fully saturated rings. The highest BCUT2D eigenvalue weighted by molar-refractivity contribution is 14.1. The zero-order valence-corrected chi connectivity index (χ0v) is 66.3. The smallest absolute Gasteiger partial charge is 0.312 e. The number of aliphatic carboxylic acids is 1. The van der Waals surface area contributed by atoms with E-state index in [1.165, 1.54) is 42.5 Å². The van der Waals surface area contributed by atoms with Gasteiger partial charge in [0.25, 0.3) is 0 Å². The monoisotopic (exact) mass is 1730 g/mol. The van der Waals surface area contributed by atoms with E-state index in [2.05, 4.69) is 36.9 Å². The van der Waals surface area contributed by atoms with Crippen LogP contribution >= 0.6 is 44.2 Å². The number of benzene rings is 2. The number of carboxylic acid groups (broad SMARTS) is 1. The number of carboxylic acids is 1. The molecule has 0 radical (unpaired) electrons. The minimum Gasteiger partial charge on any atom is -0.508 e. The Hall–Kier alpha value is -9.15. The Balaban J connectivity index is 0.0000269. The fraction of sp³-hybridized carbons (Fsp3) is 0.600. The van der Waals surface area contributed by atoms with Crippen molar-refractivity contribution in [3.63, 3.8) is 0 Å². The molecule has 3 aliphatic rings. The van der Waals surface area contributed by atoms with E-state index in [0.29, 0.717) is 14.7 Å². The van der Waals surface area contributed by atoms with Crippen LogP contribution in [0.1, 0.15) is 167 Å². The summed E-state index contributed by atoms with van der Waals surface area (Å²) in [5.74, 6) is -24.1. The van der Waals surface area contributed by atoms with Gasteiger partial charge in [0, 0.05) is 119 Å². The van der Waals surface area contributed by atoms with Gasteiger partial charge in [0.1, 0.15) is 23.3 Å². The molecule has 3 heterocycles. The lowest BCUT2D eigenvalue weighted by atomic mass is 9.88. The number of phenolic OH excluding ortho intramolecular Hbond substituents is 2. The molecule has 5 rings (SSSR count). The number of aliphatic hydroxyl groups excluding tert-OH is 1. The van der Waals surface area contributed by atoms with Crippen LogP contribution in [0.3, 0.4) is 0 Å². The highest BCUT2D eigenvalue weighted by atomic mass is 127. The summed E-state index contributed by atoms with van der Waals surface area (Å²) in [7, 11) is 1.83.